The monoisotopic (exact) mass is 380 g/mol. The third-order valence-corrected chi connectivity index (χ3v) is 6.12. The van der Waals surface area contributed by atoms with Crippen LogP contribution in [0.5, 0.6) is 0 Å². The average molecular weight is 381 g/mol. The molecule has 0 bridgehead atoms. The molecule has 2 aromatic rings. The number of nitrogens with two attached hydrogens (primary N) is 1. The summed E-state index contributed by atoms with van der Waals surface area (Å²) >= 11 is 1.16. The molecule has 0 spiro atoms. The van der Waals surface area contributed by atoms with Gasteiger partial charge in [0.05, 0.1) is 13.1 Å². The van der Waals surface area contributed by atoms with Gasteiger partial charge < -0.3 is 10.6 Å². The molecular formula is C17H24N4O2S2. The molecular weight excluding hydrogens is 356 g/mol. The van der Waals surface area contributed by atoms with Crippen molar-refractivity contribution < 1.29 is 8.42 Å². The van der Waals surface area contributed by atoms with E-state index in [0.717, 1.165) is 29.2 Å². The molecule has 0 amide bonds. The normalized spacial score (nSPS) is 12.2. The van der Waals surface area contributed by atoms with Gasteiger partial charge in [0.25, 0.3) is 0 Å². The second kappa shape index (κ2) is 8.98. The fourth-order valence-electron chi connectivity index (χ4n) is 2.34. The number of hydrogen-bond acceptors (Lipinski definition) is 4. The molecule has 6 nitrogen and oxygen atoms in total. The van der Waals surface area contributed by atoms with Gasteiger partial charge in [-0.3, -0.25) is 0 Å². The van der Waals surface area contributed by atoms with Crippen molar-refractivity contribution in [1.29, 1.82) is 0 Å². The summed E-state index contributed by atoms with van der Waals surface area (Å²) in [7, 11) is -3.64. The van der Waals surface area contributed by atoms with E-state index in [1.165, 1.54) is 17.2 Å². The molecule has 1 aromatic carbocycles. The lowest BCUT2D eigenvalue weighted by molar-refractivity contribution is 0.600. The highest BCUT2D eigenvalue weighted by atomic mass is 32.2. The van der Waals surface area contributed by atoms with Gasteiger partial charge in [0, 0.05) is 11.4 Å². The highest BCUT2D eigenvalue weighted by Gasteiger charge is 2.11. The molecule has 0 unspecified atom stereocenters. The molecule has 136 valence electrons. The number of benzene rings is 1. The van der Waals surface area contributed by atoms with E-state index in [4.69, 9.17) is 5.14 Å². The first-order valence-corrected chi connectivity index (χ1v) is 10.5. The third-order valence-electron chi connectivity index (χ3n) is 3.60. The summed E-state index contributed by atoms with van der Waals surface area (Å²) in [5.41, 5.74) is 2.49. The van der Waals surface area contributed by atoms with E-state index in [9.17, 15) is 8.42 Å². The third kappa shape index (κ3) is 5.84. The summed E-state index contributed by atoms with van der Waals surface area (Å²) in [5, 5.41) is 11.6. The van der Waals surface area contributed by atoms with Crippen molar-refractivity contribution in [3.8, 4) is 0 Å². The van der Waals surface area contributed by atoms with Crippen molar-refractivity contribution in [3.05, 3.63) is 52.4 Å². The van der Waals surface area contributed by atoms with Gasteiger partial charge in [-0.1, -0.05) is 31.2 Å². The quantitative estimate of drug-likeness (QED) is 0.507. The molecule has 0 atom stereocenters. The number of guanidine groups is 1. The maximum atomic E-state index is 11.3. The van der Waals surface area contributed by atoms with Crippen LogP contribution in [0.25, 0.3) is 0 Å². The van der Waals surface area contributed by atoms with Gasteiger partial charge in [0.2, 0.25) is 10.0 Å². The lowest BCUT2D eigenvalue weighted by Crippen LogP contribution is -2.36. The van der Waals surface area contributed by atoms with Crippen LogP contribution in [0, 0.1) is 0 Å². The van der Waals surface area contributed by atoms with Crippen LogP contribution in [0.3, 0.4) is 0 Å². The van der Waals surface area contributed by atoms with Crippen LogP contribution in [0.15, 0.2) is 45.6 Å². The fourth-order valence-corrected chi connectivity index (χ4v) is 4.06. The molecule has 1 heterocycles. The smallest absolute Gasteiger partial charge is 0.247 e. The number of nitrogens with one attached hydrogen (secondary N) is 2. The first-order chi connectivity index (χ1) is 11.9. The molecule has 0 fully saturated rings. The van der Waals surface area contributed by atoms with Gasteiger partial charge in [0.1, 0.15) is 4.21 Å². The van der Waals surface area contributed by atoms with E-state index in [1.54, 1.807) is 6.07 Å². The standard InChI is InChI=1S/C17H24N4O2S2/c1-3-13-7-5-6-8-14(13)11-20-17(19-4-2)21-12-15-9-10-16(24-15)25(18,22)23/h5-10H,3-4,11-12H2,1-2H3,(H2,18,22,23)(H2,19,20,21). The van der Waals surface area contributed by atoms with Gasteiger partial charge in [-0.05, 0) is 36.6 Å². The number of sulfonamides is 1. The number of aliphatic imine (C=N–C) groups is 1. The summed E-state index contributed by atoms with van der Waals surface area (Å²) in [6, 6.07) is 11.5. The molecule has 0 aliphatic carbocycles. The Kier molecular flexibility index (Phi) is 6.98. The van der Waals surface area contributed by atoms with Crippen LogP contribution in [0.1, 0.15) is 29.9 Å². The molecule has 0 saturated carbocycles. The Balaban J connectivity index is 2.04. The zero-order valence-electron chi connectivity index (χ0n) is 14.5. The molecule has 0 saturated heterocycles. The predicted octanol–water partition coefficient (Wildman–Crippen LogP) is 2.21. The molecule has 2 rings (SSSR count). The van der Waals surface area contributed by atoms with Crippen molar-refractivity contribution in [2.45, 2.75) is 37.6 Å². The average Bonchev–Trinajstić information content (AvgIpc) is 3.07. The number of aryl methyl sites for hydroxylation is 1. The molecule has 1 aromatic heterocycles. The van der Waals surface area contributed by atoms with Gasteiger partial charge in [-0.2, -0.15) is 0 Å². The van der Waals surface area contributed by atoms with Gasteiger partial charge in [-0.25, -0.2) is 18.5 Å². The number of primary sulfonamides is 1. The second-order valence-electron chi connectivity index (χ2n) is 5.44. The van der Waals surface area contributed by atoms with Crippen LogP contribution in [0.4, 0.5) is 0 Å². The van der Waals surface area contributed by atoms with E-state index in [1.807, 2.05) is 19.1 Å². The topological polar surface area (TPSA) is 96.6 Å². The van der Waals surface area contributed by atoms with Crippen LogP contribution in [-0.4, -0.2) is 20.9 Å². The number of nitrogens with zero attached hydrogens (tertiary/aromatic N) is 1. The van der Waals surface area contributed by atoms with Crippen LogP contribution >= 0.6 is 11.3 Å². The molecule has 25 heavy (non-hydrogen) atoms. The van der Waals surface area contributed by atoms with Gasteiger partial charge >= 0.3 is 0 Å². The van der Waals surface area contributed by atoms with E-state index in [0.29, 0.717) is 19.0 Å². The lowest BCUT2D eigenvalue weighted by Gasteiger charge is -2.11. The van der Waals surface area contributed by atoms with Crippen LogP contribution < -0.4 is 15.8 Å². The summed E-state index contributed by atoms with van der Waals surface area (Å²) in [6.07, 6.45) is 0.973. The van der Waals surface area contributed by atoms with E-state index >= 15 is 0 Å². The molecule has 0 radical (unpaired) electrons. The Hall–Kier alpha value is -1.90. The summed E-state index contributed by atoms with van der Waals surface area (Å²) in [6.45, 7) is 5.95. The predicted molar refractivity (Wildman–Crippen MR) is 103 cm³/mol. The Morgan fingerprint density at radius 2 is 1.84 bits per heavy atom. The number of thiophene rings is 1. The Morgan fingerprint density at radius 3 is 2.44 bits per heavy atom. The SMILES string of the molecule is CCNC(=NCc1ccccc1CC)NCc1ccc(S(N)(=O)=O)s1. The molecule has 4 N–H and O–H groups in total. The Bertz CT molecular complexity index is 829. The van der Waals surface area contributed by atoms with Gasteiger partial charge in [0.15, 0.2) is 5.96 Å². The van der Waals surface area contributed by atoms with Crippen molar-refractivity contribution >= 4 is 27.3 Å². The summed E-state index contributed by atoms with van der Waals surface area (Å²) in [4.78, 5) is 5.50. The maximum Gasteiger partial charge on any atom is 0.247 e. The highest BCUT2D eigenvalue weighted by molar-refractivity contribution is 7.91. The van der Waals surface area contributed by atoms with Crippen molar-refractivity contribution in [3.63, 3.8) is 0 Å². The minimum Gasteiger partial charge on any atom is -0.357 e. The second-order valence-corrected chi connectivity index (χ2v) is 8.39. The summed E-state index contributed by atoms with van der Waals surface area (Å²) < 4.78 is 22.8. The maximum absolute atomic E-state index is 11.3. The fraction of sp³-hybridized carbons (Fsp3) is 0.353. The minimum atomic E-state index is -3.64. The first kappa shape index (κ1) is 19.4. The first-order valence-electron chi connectivity index (χ1n) is 8.14. The van der Waals surface area contributed by atoms with Crippen molar-refractivity contribution in [1.82, 2.24) is 10.6 Å². The lowest BCUT2D eigenvalue weighted by atomic mass is 10.1. The Morgan fingerprint density at radius 1 is 1.12 bits per heavy atom. The van der Waals surface area contributed by atoms with E-state index in [2.05, 4.69) is 34.7 Å². The number of hydrogen-bond donors (Lipinski definition) is 3. The van der Waals surface area contributed by atoms with Crippen LogP contribution in [0.2, 0.25) is 0 Å². The zero-order valence-corrected chi connectivity index (χ0v) is 16.1. The molecule has 8 heteroatoms. The minimum absolute atomic E-state index is 0.170. The Labute approximate surface area is 153 Å². The van der Waals surface area contributed by atoms with E-state index < -0.39 is 10.0 Å². The molecule has 0 aliphatic heterocycles. The highest BCUT2D eigenvalue weighted by Crippen LogP contribution is 2.20. The van der Waals surface area contributed by atoms with Gasteiger partial charge in [-0.15, -0.1) is 11.3 Å². The largest absolute Gasteiger partial charge is 0.357 e. The zero-order chi connectivity index (χ0) is 18.3. The van der Waals surface area contributed by atoms with Crippen LogP contribution in [-0.2, 0) is 29.5 Å². The van der Waals surface area contributed by atoms with Crippen molar-refractivity contribution in [2.24, 2.45) is 10.1 Å². The molecule has 0 aliphatic rings. The van der Waals surface area contributed by atoms with Crippen molar-refractivity contribution in [2.75, 3.05) is 6.54 Å². The summed E-state index contributed by atoms with van der Waals surface area (Å²) in [5.74, 6) is 0.693. The van der Waals surface area contributed by atoms with E-state index in [-0.39, 0.29) is 4.21 Å². The number of rotatable bonds is 7.